The molecule has 2 aliphatic rings. The van der Waals surface area contributed by atoms with E-state index in [4.69, 9.17) is 9.47 Å². The first-order valence-corrected chi connectivity index (χ1v) is 14.9. The van der Waals surface area contributed by atoms with Crippen LogP contribution in [0.25, 0.3) is 0 Å². The molecule has 43 heavy (non-hydrogen) atoms. The number of benzene rings is 3. The highest BCUT2D eigenvalue weighted by Gasteiger charge is 2.24. The number of anilines is 4. The van der Waals surface area contributed by atoms with Crippen LogP contribution in [0.4, 0.5) is 27.5 Å². The Hall–Kier alpha value is -4.28. The third kappa shape index (κ3) is 7.77. The molecule has 5 rings (SSSR count). The van der Waals surface area contributed by atoms with E-state index >= 15 is 0 Å². The second-order valence-electron chi connectivity index (χ2n) is 11.0. The minimum atomic E-state index is -0.358. The van der Waals surface area contributed by atoms with Gasteiger partial charge in [0.2, 0.25) is 0 Å². The van der Waals surface area contributed by atoms with E-state index in [1.807, 2.05) is 62.4 Å². The molecule has 2 saturated heterocycles. The molecule has 10 nitrogen and oxygen atoms in total. The molecule has 2 fully saturated rings. The monoisotopic (exact) mass is 586 g/mol. The SMILES string of the molecule is COc1ccccc1N1CCN(c2ccc(NC(=O)Nc3ccc(C)cc3C)cc2C(=O)NCCN2CCOCC2)CC1. The van der Waals surface area contributed by atoms with Crippen LogP contribution in [0.1, 0.15) is 21.5 Å². The minimum absolute atomic E-state index is 0.158. The quantitative estimate of drug-likeness (QED) is 0.343. The van der Waals surface area contributed by atoms with Crippen LogP contribution in [0.3, 0.4) is 0 Å². The van der Waals surface area contributed by atoms with Crippen LogP contribution in [0.15, 0.2) is 60.7 Å². The van der Waals surface area contributed by atoms with Crippen molar-refractivity contribution in [3.8, 4) is 5.75 Å². The summed E-state index contributed by atoms with van der Waals surface area (Å²) in [6.45, 7) is 11.5. The maximum Gasteiger partial charge on any atom is 0.323 e. The lowest BCUT2D eigenvalue weighted by molar-refractivity contribution is 0.0383. The third-order valence-corrected chi connectivity index (χ3v) is 7.99. The minimum Gasteiger partial charge on any atom is -0.495 e. The maximum absolute atomic E-state index is 13.6. The number of carbonyl (C=O) groups is 2. The molecule has 3 aromatic carbocycles. The fourth-order valence-corrected chi connectivity index (χ4v) is 5.64. The van der Waals surface area contributed by atoms with Gasteiger partial charge in [-0.25, -0.2) is 4.79 Å². The van der Waals surface area contributed by atoms with Crippen molar-refractivity contribution in [3.05, 3.63) is 77.4 Å². The van der Waals surface area contributed by atoms with Gasteiger partial charge in [0.15, 0.2) is 0 Å². The Morgan fingerprint density at radius 3 is 2.28 bits per heavy atom. The molecular formula is C33H42N6O4. The first-order chi connectivity index (χ1) is 20.9. The first-order valence-electron chi connectivity index (χ1n) is 14.9. The summed E-state index contributed by atoms with van der Waals surface area (Å²) in [4.78, 5) is 33.3. The van der Waals surface area contributed by atoms with Gasteiger partial charge in [0.05, 0.1) is 31.6 Å². The Balaban J connectivity index is 1.30. The summed E-state index contributed by atoms with van der Waals surface area (Å²) in [5.41, 5.74) is 5.87. The van der Waals surface area contributed by atoms with E-state index < -0.39 is 0 Å². The number of aryl methyl sites for hydroxylation is 2. The summed E-state index contributed by atoms with van der Waals surface area (Å²) in [7, 11) is 1.69. The highest BCUT2D eigenvalue weighted by Crippen LogP contribution is 2.31. The van der Waals surface area contributed by atoms with Gasteiger partial charge in [0, 0.05) is 69.4 Å². The fraction of sp³-hybridized carbons (Fsp3) is 0.394. The van der Waals surface area contributed by atoms with Crippen LogP contribution in [-0.4, -0.2) is 89.5 Å². The van der Waals surface area contributed by atoms with Gasteiger partial charge in [-0.2, -0.15) is 0 Å². The average Bonchev–Trinajstić information content (AvgIpc) is 3.03. The Morgan fingerprint density at radius 2 is 1.56 bits per heavy atom. The summed E-state index contributed by atoms with van der Waals surface area (Å²) in [6.07, 6.45) is 0. The second-order valence-corrected chi connectivity index (χ2v) is 11.0. The molecule has 2 heterocycles. The highest BCUT2D eigenvalue weighted by atomic mass is 16.5. The number of hydrogen-bond acceptors (Lipinski definition) is 7. The number of nitrogens with zero attached hydrogens (tertiary/aromatic N) is 3. The number of piperazine rings is 1. The van der Waals surface area contributed by atoms with E-state index in [0.29, 0.717) is 17.8 Å². The van der Waals surface area contributed by atoms with Crippen molar-refractivity contribution in [1.29, 1.82) is 0 Å². The van der Waals surface area contributed by atoms with Crippen LogP contribution >= 0.6 is 0 Å². The standard InChI is InChI=1S/C33H42N6O4/c1-24-8-10-28(25(2)22-24)36-33(41)35-26-9-11-29(27(23-26)32(40)34-12-13-37-18-20-43-21-19-37)38-14-16-39(17-15-38)30-6-4-5-7-31(30)42-3/h4-11,22-23H,12-21H2,1-3H3,(H,34,40)(H2,35,36,41). The lowest BCUT2D eigenvalue weighted by Gasteiger charge is -2.38. The van der Waals surface area contributed by atoms with E-state index in [1.54, 1.807) is 13.2 Å². The second kappa shape index (κ2) is 14.3. The molecule has 3 aromatic rings. The number of carbonyl (C=O) groups excluding carboxylic acids is 2. The zero-order valence-electron chi connectivity index (χ0n) is 25.3. The lowest BCUT2D eigenvalue weighted by Crippen LogP contribution is -2.47. The molecule has 10 heteroatoms. The number of urea groups is 1. The summed E-state index contributed by atoms with van der Waals surface area (Å²) in [5, 5.41) is 8.94. The fourth-order valence-electron chi connectivity index (χ4n) is 5.64. The predicted molar refractivity (Wildman–Crippen MR) is 172 cm³/mol. The van der Waals surface area contributed by atoms with Crippen LogP contribution in [0.2, 0.25) is 0 Å². The van der Waals surface area contributed by atoms with Gasteiger partial charge in [-0.15, -0.1) is 0 Å². The van der Waals surface area contributed by atoms with Crippen LogP contribution in [0.5, 0.6) is 5.75 Å². The third-order valence-electron chi connectivity index (χ3n) is 7.99. The van der Waals surface area contributed by atoms with Crippen molar-refractivity contribution >= 4 is 34.7 Å². The molecule has 0 aliphatic carbocycles. The smallest absolute Gasteiger partial charge is 0.323 e. The predicted octanol–water partition coefficient (Wildman–Crippen LogP) is 4.34. The Kier molecular flexibility index (Phi) is 10.0. The highest BCUT2D eigenvalue weighted by molar-refractivity contribution is 6.04. The lowest BCUT2D eigenvalue weighted by atomic mass is 10.1. The van der Waals surface area contributed by atoms with E-state index in [9.17, 15) is 9.59 Å². The molecule has 0 bridgehead atoms. The van der Waals surface area contributed by atoms with Gasteiger partial charge in [0.1, 0.15) is 5.75 Å². The first kappa shape index (κ1) is 30.2. The van der Waals surface area contributed by atoms with E-state index in [-0.39, 0.29) is 11.9 Å². The van der Waals surface area contributed by atoms with Crippen molar-refractivity contribution in [2.75, 3.05) is 93.1 Å². The number of nitrogens with one attached hydrogen (secondary N) is 3. The van der Waals surface area contributed by atoms with Gasteiger partial charge in [-0.3, -0.25) is 9.69 Å². The number of amides is 3. The van der Waals surface area contributed by atoms with Gasteiger partial charge in [-0.1, -0.05) is 29.8 Å². The summed E-state index contributed by atoms with van der Waals surface area (Å²) in [5.74, 6) is 0.694. The topological polar surface area (TPSA) is 98.4 Å². The van der Waals surface area contributed by atoms with E-state index in [1.165, 1.54) is 0 Å². The van der Waals surface area contributed by atoms with Gasteiger partial charge < -0.3 is 35.2 Å². The van der Waals surface area contributed by atoms with Crippen LogP contribution < -0.4 is 30.5 Å². The molecule has 2 aliphatic heterocycles. The number of methoxy groups -OCH3 is 1. The number of ether oxygens (including phenoxy) is 2. The largest absolute Gasteiger partial charge is 0.495 e. The Labute approximate surface area is 253 Å². The molecule has 0 unspecified atom stereocenters. The molecule has 0 saturated carbocycles. The average molecular weight is 587 g/mol. The molecular weight excluding hydrogens is 544 g/mol. The zero-order chi connectivity index (χ0) is 30.2. The molecule has 3 N–H and O–H groups in total. The Morgan fingerprint density at radius 1 is 0.837 bits per heavy atom. The van der Waals surface area contributed by atoms with Crippen molar-refractivity contribution in [2.45, 2.75) is 13.8 Å². The van der Waals surface area contributed by atoms with Crippen LogP contribution in [0, 0.1) is 13.8 Å². The summed E-state index contributed by atoms with van der Waals surface area (Å²) < 4.78 is 11.0. The molecule has 0 radical (unpaired) electrons. The van der Waals surface area contributed by atoms with Crippen molar-refractivity contribution in [3.63, 3.8) is 0 Å². The number of morpholine rings is 1. The maximum atomic E-state index is 13.6. The van der Waals surface area contributed by atoms with Gasteiger partial charge in [0.25, 0.3) is 5.91 Å². The number of para-hydroxylation sites is 2. The summed E-state index contributed by atoms with van der Waals surface area (Å²) in [6, 6.07) is 19.1. The number of rotatable bonds is 9. The van der Waals surface area contributed by atoms with Gasteiger partial charge >= 0.3 is 6.03 Å². The zero-order valence-corrected chi connectivity index (χ0v) is 25.3. The molecule has 3 amide bonds. The molecule has 0 spiro atoms. The van der Waals surface area contributed by atoms with Crippen molar-refractivity contribution in [1.82, 2.24) is 10.2 Å². The summed E-state index contributed by atoms with van der Waals surface area (Å²) >= 11 is 0. The van der Waals surface area contributed by atoms with E-state index in [0.717, 1.165) is 93.0 Å². The Bertz CT molecular complexity index is 1420. The van der Waals surface area contributed by atoms with Crippen molar-refractivity contribution in [2.24, 2.45) is 0 Å². The van der Waals surface area contributed by atoms with Gasteiger partial charge in [-0.05, 0) is 55.8 Å². The molecule has 0 aromatic heterocycles. The number of hydrogen-bond donors (Lipinski definition) is 3. The van der Waals surface area contributed by atoms with Crippen LogP contribution in [-0.2, 0) is 4.74 Å². The van der Waals surface area contributed by atoms with E-state index in [2.05, 4.69) is 36.7 Å². The van der Waals surface area contributed by atoms with Crippen molar-refractivity contribution < 1.29 is 19.1 Å². The molecule has 228 valence electrons. The normalized spacial score (nSPS) is 15.6. The molecule has 0 atom stereocenters.